The summed E-state index contributed by atoms with van der Waals surface area (Å²) in [7, 11) is -4.19. The number of rotatable bonds is 6. The second-order valence-corrected chi connectivity index (χ2v) is 7.47. The van der Waals surface area contributed by atoms with Crippen molar-refractivity contribution in [1.82, 2.24) is 4.90 Å². The van der Waals surface area contributed by atoms with Gasteiger partial charge in [-0.1, -0.05) is 24.3 Å². The summed E-state index contributed by atoms with van der Waals surface area (Å²) in [5, 5.41) is 0. The summed E-state index contributed by atoms with van der Waals surface area (Å²) < 4.78 is 39.9. The Labute approximate surface area is 154 Å². The number of benzene rings is 2. The molecular weight excluding hydrogens is 354 g/mol. The molecule has 6 nitrogen and oxygen atoms in total. The molecule has 0 unspecified atom stereocenters. The zero-order valence-corrected chi connectivity index (χ0v) is 15.8. The predicted molar refractivity (Wildman–Crippen MR) is 98.6 cm³/mol. The quantitative estimate of drug-likeness (QED) is 0.771. The zero-order valence-electron chi connectivity index (χ0n) is 15.0. The van der Waals surface area contributed by atoms with Crippen molar-refractivity contribution in [2.45, 2.75) is 20.4 Å². The van der Waals surface area contributed by atoms with Crippen LogP contribution in [-0.4, -0.2) is 39.6 Å². The Morgan fingerprint density at radius 3 is 2.38 bits per heavy atom. The molecule has 0 aromatic heterocycles. The van der Waals surface area contributed by atoms with E-state index in [2.05, 4.69) is 4.90 Å². The van der Waals surface area contributed by atoms with Crippen LogP contribution in [0.2, 0.25) is 0 Å². The summed E-state index contributed by atoms with van der Waals surface area (Å²) in [6.45, 7) is 7.88. The Balaban J connectivity index is 1.73. The third kappa shape index (κ3) is 4.97. The molecular formula is C19H23NO5S. The molecule has 0 N–H and O–H groups in total. The van der Waals surface area contributed by atoms with Crippen molar-refractivity contribution >= 4 is 10.4 Å². The van der Waals surface area contributed by atoms with E-state index >= 15 is 0 Å². The van der Waals surface area contributed by atoms with Gasteiger partial charge in [-0.25, -0.2) is 0 Å². The van der Waals surface area contributed by atoms with E-state index in [1.165, 1.54) is 0 Å². The Hall–Kier alpha value is -2.09. The van der Waals surface area contributed by atoms with E-state index in [1.54, 1.807) is 36.4 Å². The predicted octanol–water partition coefficient (Wildman–Crippen LogP) is 2.84. The fourth-order valence-corrected chi connectivity index (χ4v) is 3.61. The Bertz CT molecular complexity index is 846. The molecule has 0 amide bonds. The summed E-state index contributed by atoms with van der Waals surface area (Å²) in [6, 6.07) is 12.0. The fraction of sp³-hybridized carbons (Fsp3) is 0.368. The number of aryl methyl sites for hydroxylation is 2. The standard InChI is InChI=1S/C19H23NO5S/c1-15-13-19(25-26(21,22)24-18-6-4-3-5-7-18)16(2)12-17(15)14-20-8-10-23-11-9-20/h3-7,12-13H,8-11,14H2,1-2H3. The average molecular weight is 377 g/mol. The van der Waals surface area contributed by atoms with Gasteiger partial charge in [0.2, 0.25) is 0 Å². The number of para-hydroxylation sites is 1. The van der Waals surface area contributed by atoms with Crippen LogP contribution in [-0.2, 0) is 21.7 Å². The molecule has 1 aliphatic heterocycles. The van der Waals surface area contributed by atoms with Gasteiger partial charge in [0.25, 0.3) is 0 Å². The molecule has 3 rings (SSSR count). The topological polar surface area (TPSA) is 65.1 Å². The summed E-state index contributed by atoms with van der Waals surface area (Å²) in [5.74, 6) is 0.495. The van der Waals surface area contributed by atoms with Gasteiger partial charge in [0, 0.05) is 19.6 Å². The molecule has 2 aromatic carbocycles. The number of morpholine rings is 1. The SMILES string of the molecule is Cc1cc(OS(=O)(=O)Oc2ccccc2)c(C)cc1CN1CCOCC1. The number of nitrogens with zero attached hydrogens (tertiary/aromatic N) is 1. The van der Waals surface area contributed by atoms with Crippen LogP contribution in [0.25, 0.3) is 0 Å². The summed E-state index contributed by atoms with van der Waals surface area (Å²) >= 11 is 0. The van der Waals surface area contributed by atoms with Crippen molar-refractivity contribution in [3.63, 3.8) is 0 Å². The van der Waals surface area contributed by atoms with Crippen molar-refractivity contribution in [2.24, 2.45) is 0 Å². The van der Waals surface area contributed by atoms with E-state index in [9.17, 15) is 8.42 Å². The Morgan fingerprint density at radius 1 is 1.00 bits per heavy atom. The lowest BCUT2D eigenvalue weighted by molar-refractivity contribution is 0.0341. The molecule has 1 heterocycles. The fourth-order valence-electron chi connectivity index (χ4n) is 2.83. The molecule has 2 aromatic rings. The monoisotopic (exact) mass is 377 g/mol. The van der Waals surface area contributed by atoms with Crippen molar-refractivity contribution in [1.29, 1.82) is 0 Å². The molecule has 0 saturated carbocycles. The lowest BCUT2D eigenvalue weighted by Gasteiger charge is -2.27. The summed E-state index contributed by atoms with van der Waals surface area (Å²) in [5.41, 5.74) is 2.88. The van der Waals surface area contributed by atoms with Gasteiger partial charge in [0.1, 0.15) is 11.5 Å². The van der Waals surface area contributed by atoms with Crippen molar-refractivity contribution < 1.29 is 21.5 Å². The Morgan fingerprint density at radius 2 is 1.69 bits per heavy atom. The number of hydrogen-bond acceptors (Lipinski definition) is 6. The molecule has 0 bridgehead atoms. The molecule has 26 heavy (non-hydrogen) atoms. The third-order valence-electron chi connectivity index (χ3n) is 4.26. The van der Waals surface area contributed by atoms with Crippen LogP contribution >= 0.6 is 0 Å². The molecule has 7 heteroatoms. The van der Waals surface area contributed by atoms with Crippen LogP contribution in [0.15, 0.2) is 42.5 Å². The van der Waals surface area contributed by atoms with Crippen LogP contribution in [0, 0.1) is 13.8 Å². The molecule has 1 saturated heterocycles. The summed E-state index contributed by atoms with van der Waals surface area (Å²) in [4.78, 5) is 2.32. The minimum Gasteiger partial charge on any atom is -0.379 e. The van der Waals surface area contributed by atoms with Crippen molar-refractivity contribution in [2.75, 3.05) is 26.3 Å². The van der Waals surface area contributed by atoms with Crippen molar-refractivity contribution in [3.05, 3.63) is 59.2 Å². The number of hydrogen-bond donors (Lipinski definition) is 0. The maximum absolute atomic E-state index is 12.2. The van der Waals surface area contributed by atoms with Gasteiger partial charge in [0.05, 0.1) is 13.2 Å². The highest BCUT2D eigenvalue weighted by atomic mass is 32.3. The van der Waals surface area contributed by atoms with E-state index in [0.717, 1.165) is 49.5 Å². The molecule has 1 aliphatic rings. The smallest absolute Gasteiger partial charge is 0.379 e. The van der Waals surface area contributed by atoms with E-state index in [0.29, 0.717) is 0 Å². The normalized spacial score (nSPS) is 15.6. The van der Waals surface area contributed by atoms with Gasteiger partial charge >= 0.3 is 10.4 Å². The maximum Gasteiger partial charge on any atom is 0.500 e. The van der Waals surface area contributed by atoms with Gasteiger partial charge < -0.3 is 13.1 Å². The maximum atomic E-state index is 12.2. The molecule has 0 radical (unpaired) electrons. The van der Waals surface area contributed by atoms with E-state index in [1.807, 2.05) is 19.9 Å². The highest BCUT2D eigenvalue weighted by Crippen LogP contribution is 2.26. The molecule has 1 fully saturated rings. The highest BCUT2D eigenvalue weighted by molar-refractivity contribution is 7.82. The minimum atomic E-state index is -4.19. The molecule has 0 atom stereocenters. The van der Waals surface area contributed by atoms with E-state index < -0.39 is 10.4 Å². The van der Waals surface area contributed by atoms with Crippen LogP contribution < -0.4 is 8.37 Å². The van der Waals surface area contributed by atoms with Crippen LogP contribution in [0.4, 0.5) is 0 Å². The first-order chi connectivity index (χ1) is 12.4. The largest absolute Gasteiger partial charge is 0.500 e. The molecule has 140 valence electrons. The Kier molecular flexibility index (Phi) is 5.80. The molecule has 0 spiro atoms. The van der Waals surface area contributed by atoms with E-state index in [4.69, 9.17) is 13.1 Å². The van der Waals surface area contributed by atoms with Gasteiger partial charge in [-0.15, -0.1) is 8.42 Å². The second kappa shape index (κ2) is 8.07. The first-order valence-corrected chi connectivity index (χ1v) is 9.85. The summed E-state index contributed by atoms with van der Waals surface area (Å²) in [6.07, 6.45) is 0. The van der Waals surface area contributed by atoms with Gasteiger partial charge in [0.15, 0.2) is 0 Å². The molecule has 0 aliphatic carbocycles. The first kappa shape index (κ1) is 18.7. The van der Waals surface area contributed by atoms with Gasteiger partial charge in [-0.2, -0.15) is 0 Å². The lowest BCUT2D eigenvalue weighted by Crippen LogP contribution is -2.35. The average Bonchev–Trinajstić information content (AvgIpc) is 2.60. The van der Waals surface area contributed by atoms with Gasteiger partial charge in [-0.05, 0) is 48.7 Å². The lowest BCUT2D eigenvalue weighted by atomic mass is 10.0. The second-order valence-electron chi connectivity index (χ2n) is 6.32. The van der Waals surface area contributed by atoms with Crippen LogP contribution in [0.3, 0.4) is 0 Å². The highest BCUT2D eigenvalue weighted by Gasteiger charge is 2.19. The van der Waals surface area contributed by atoms with Crippen LogP contribution in [0.1, 0.15) is 16.7 Å². The minimum absolute atomic E-state index is 0.214. The number of ether oxygens (including phenoxy) is 1. The zero-order chi connectivity index (χ0) is 18.6. The van der Waals surface area contributed by atoms with Crippen molar-refractivity contribution in [3.8, 4) is 11.5 Å². The first-order valence-electron chi connectivity index (χ1n) is 8.52. The van der Waals surface area contributed by atoms with Crippen LogP contribution in [0.5, 0.6) is 11.5 Å². The van der Waals surface area contributed by atoms with Gasteiger partial charge in [-0.3, -0.25) is 4.90 Å². The third-order valence-corrected chi connectivity index (χ3v) is 5.04. The van der Waals surface area contributed by atoms with E-state index in [-0.39, 0.29) is 11.5 Å².